The lowest BCUT2D eigenvalue weighted by Crippen LogP contribution is -2.42. The molecule has 0 aromatic heterocycles. The minimum atomic E-state index is 0.160. The summed E-state index contributed by atoms with van der Waals surface area (Å²) >= 11 is 6.36. The highest BCUT2D eigenvalue weighted by molar-refractivity contribution is 6.31. The van der Waals surface area contributed by atoms with Gasteiger partial charge in [-0.05, 0) is 62.2 Å². The summed E-state index contributed by atoms with van der Waals surface area (Å²) in [5, 5.41) is 4.01. The zero-order valence-corrected chi connectivity index (χ0v) is 15.9. The van der Waals surface area contributed by atoms with Crippen LogP contribution in [0.25, 0.3) is 0 Å². The summed E-state index contributed by atoms with van der Waals surface area (Å²) in [6.07, 6.45) is 5.15. The standard InChI is InChI=1S/C20H27ClN2O3/c21-17-13-19-18(25-9-10-26-19)11-16(17)12-20(24)23-7-3-15(4-8-23)14-1-5-22-6-2-14/h11,13-15,22H,1-10,12H2. The van der Waals surface area contributed by atoms with E-state index < -0.39 is 0 Å². The molecule has 5 nitrogen and oxygen atoms in total. The molecule has 1 aromatic rings. The number of nitrogens with zero attached hydrogens (tertiary/aromatic N) is 1. The second-order valence-corrected chi connectivity index (χ2v) is 7.98. The van der Waals surface area contributed by atoms with E-state index in [0.29, 0.717) is 36.2 Å². The largest absolute Gasteiger partial charge is 0.486 e. The van der Waals surface area contributed by atoms with E-state index in [9.17, 15) is 4.79 Å². The van der Waals surface area contributed by atoms with Crippen molar-refractivity contribution in [2.24, 2.45) is 11.8 Å². The third-order valence-corrected chi connectivity index (χ3v) is 6.35. The number of nitrogens with one attached hydrogen (secondary N) is 1. The summed E-state index contributed by atoms with van der Waals surface area (Å²) in [5.41, 5.74) is 0.821. The Labute approximate surface area is 160 Å². The Morgan fingerprint density at radius 2 is 1.65 bits per heavy atom. The van der Waals surface area contributed by atoms with E-state index in [1.165, 1.54) is 12.8 Å². The number of carbonyl (C=O) groups excluding carboxylic acids is 1. The highest BCUT2D eigenvalue weighted by Gasteiger charge is 2.29. The van der Waals surface area contributed by atoms with Gasteiger partial charge in [-0.1, -0.05) is 11.6 Å². The SMILES string of the molecule is O=C(Cc1cc2c(cc1Cl)OCCO2)N1CCC(C2CCNCC2)CC1. The van der Waals surface area contributed by atoms with Gasteiger partial charge in [0.1, 0.15) is 13.2 Å². The van der Waals surface area contributed by atoms with Crippen molar-refractivity contribution in [3.05, 3.63) is 22.7 Å². The molecule has 6 heteroatoms. The molecule has 1 N–H and O–H groups in total. The highest BCUT2D eigenvalue weighted by atomic mass is 35.5. The van der Waals surface area contributed by atoms with Crippen molar-refractivity contribution in [1.29, 1.82) is 0 Å². The van der Waals surface area contributed by atoms with Crippen molar-refractivity contribution in [3.63, 3.8) is 0 Å². The van der Waals surface area contributed by atoms with Crippen LogP contribution in [0.3, 0.4) is 0 Å². The average molecular weight is 379 g/mol. The maximum Gasteiger partial charge on any atom is 0.227 e. The number of benzene rings is 1. The lowest BCUT2D eigenvalue weighted by atomic mass is 9.79. The van der Waals surface area contributed by atoms with Crippen LogP contribution in [0.4, 0.5) is 0 Å². The lowest BCUT2D eigenvalue weighted by molar-refractivity contribution is -0.132. The van der Waals surface area contributed by atoms with E-state index >= 15 is 0 Å². The zero-order chi connectivity index (χ0) is 17.9. The van der Waals surface area contributed by atoms with Crippen molar-refractivity contribution in [3.8, 4) is 11.5 Å². The number of carbonyl (C=O) groups is 1. The number of likely N-dealkylation sites (tertiary alicyclic amines) is 1. The molecule has 1 amide bonds. The zero-order valence-electron chi connectivity index (χ0n) is 15.1. The first kappa shape index (κ1) is 17.9. The number of amides is 1. The monoisotopic (exact) mass is 378 g/mol. The summed E-state index contributed by atoms with van der Waals surface area (Å²) in [6.45, 7) is 5.10. The van der Waals surface area contributed by atoms with Crippen LogP contribution in [0.1, 0.15) is 31.2 Å². The molecule has 2 saturated heterocycles. The molecule has 0 aliphatic carbocycles. The minimum Gasteiger partial charge on any atom is -0.486 e. The van der Waals surface area contributed by atoms with Gasteiger partial charge < -0.3 is 19.7 Å². The van der Waals surface area contributed by atoms with Gasteiger partial charge in [-0.25, -0.2) is 0 Å². The van der Waals surface area contributed by atoms with Gasteiger partial charge in [-0.3, -0.25) is 4.79 Å². The van der Waals surface area contributed by atoms with Crippen LogP contribution >= 0.6 is 11.6 Å². The maximum atomic E-state index is 12.8. The number of halogens is 1. The average Bonchev–Trinajstić information content (AvgIpc) is 2.69. The molecule has 2 fully saturated rings. The summed E-state index contributed by atoms with van der Waals surface area (Å²) in [4.78, 5) is 14.8. The first-order valence-electron chi connectivity index (χ1n) is 9.77. The minimum absolute atomic E-state index is 0.160. The molecule has 3 heterocycles. The first-order chi connectivity index (χ1) is 12.7. The molecular weight excluding hydrogens is 352 g/mol. The van der Waals surface area contributed by atoms with Gasteiger partial charge in [-0.15, -0.1) is 0 Å². The van der Waals surface area contributed by atoms with Crippen LogP contribution < -0.4 is 14.8 Å². The van der Waals surface area contributed by atoms with Crippen molar-refractivity contribution in [2.45, 2.75) is 32.1 Å². The fourth-order valence-electron chi connectivity index (χ4n) is 4.45. The van der Waals surface area contributed by atoms with Crippen LogP contribution in [-0.2, 0) is 11.2 Å². The molecule has 0 radical (unpaired) electrons. The van der Waals surface area contributed by atoms with Crippen LogP contribution in [0, 0.1) is 11.8 Å². The van der Waals surface area contributed by atoms with Crippen molar-refractivity contribution >= 4 is 17.5 Å². The molecule has 4 rings (SSSR count). The molecule has 0 unspecified atom stereocenters. The number of rotatable bonds is 3. The van der Waals surface area contributed by atoms with Crippen LogP contribution in [-0.4, -0.2) is 50.2 Å². The number of ether oxygens (including phenoxy) is 2. The van der Waals surface area contributed by atoms with Gasteiger partial charge in [0, 0.05) is 24.2 Å². The lowest BCUT2D eigenvalue weighted by Gasteiger charge is -2.38. The second-order valence-electron chi connectivity index (χ2n) is 7.57. The highest BCUT2D eigenvalue weighted by Crippen LogP contribution is 2.36. The maximum absolute atomic E-state index is 12.8. The molecule has 0 saturated carbocycles. The Balaban J connectivity index is 1.34. The fraction of sp³-hybridized carbons (Fsp3) is 0.650. The van der Waals surface area contributed by atoms with Crippen molar-refractivity contribution in [1.82, 2.24) is 10.2 Å². The summed E-state index contributed by atoms with van der Waals surface area (Å²) < 4.78 is 11.2. The van der Waals surface area contributed by atoms with E-state index in [1.807, 2.05) is 11.0 Å². The molecule has 3 aliphatic rings. The molecule has 26 heavy (non-hydrogen) atoms. The molecule has 0 atom stereocenters. The number of piperidine rings is 2. The van der Waals surface area contributed by atoms with Gasteiger partial charge in [0.05, 0.1) is 6.42 Å². The summed E-state index contributed by atoms with van der Waals surface area (Å²) in [6, 6.07) is 3.62. The van der Waals surface area contributed by atoms with Gasteiger partial charge in [0.15, 0.2) is 11.5 Å². The van der Waals surface area contributed by atoms with E-state index in [-0.39, 0.29) is 5.91 Å². The second kappa shape index (κ2) is 8.05. The van der Waals surface area contributed by atoms with E-state index in [0.717, 1.165) is 56.4 Å². The van der Waals surface area contributed by atoms with E-state index in [4.69, 9.17) is 21.1 Å². The van der Waals surface area contributed by atoms with Gasteiger partial charge in [0.25, 0.3) is 0 Å². The van der Waals surface area contributed by atoms with Gasteiger partial charge >= 0.3 is 0 Å². The van der Waals surface area contributed by atoms with Crippen molar-refractivity contribution < 1.29 is 14.3 Å². The number of hydrogen-bond acceptors (Lipinski definition) is 4. The Bertz CT molecular complexity index is 653. The Kier molecular flexibility index (Phi) is 5.55. The van der Waals surface area contributed by atoms with Gasteiger partial charge in [0.2, 0.25) is 5.91 Å². The van der Waals surface area contributed by atoms with E-state index in [1.54, 1.807) is 6.07 Å². The normalized spacial score (nSPS) is 21.7. The fourth-order valence-corrected chi connectivity index (χ4v) is 4.67. The van der Waals surface area contributed by atoms with E-state index in [2.05, 4.69) is 5.32 Å². The van der Waals surface area contributed by atoms with Crippen LogP contribution in [0.15, 0.2) is 12.1 Å². The van der Waals surface area contributed by atoms with Crippen LogP contribution in [0.5, 0.6) is 11.5 Å². The molecule has 0 spiro atoms. The third-order valence-electron chi connectivity index (χ3n) is 6.00. The van der Waals surface area contributed by atoms with Crippen molar-refractivity contribution in [2.75, 3.05) is 39.4 Å². The topological polar surface area (TPSA) is 50.8 Å². The number of fused-ring (bicyclic) bond motifs is 1. The Morgan fingerprint density at radius 3 is 2.35 bits per heavy atom. The quantitative estimate of drug-likeness (QED) is 0.878. The number of hydrogen-bond donors (Lipinski definition) is 1. The smallest absolute Gasteiger partial charge is 0.227 e. The summed E-state index contributed by atoms with van der Waals surface area (Å²) in [7, 11) is 0. The predicted molar refractivity (Wildman–Crippen MR) is 101 cm³/mol. The molecular formula is C20H27ClN2O3. The third kappa shape index (κ3) is 3.94. The Hall–Kier alpha value is -1.46. The molecule has 142 valence electrons. The Morgan fingerprint density at radius 1 is 1.04 bits per heavy atom. The molecule has 0 bridgehead atoms. The molecule has 3 aliphatic heterocycles. The summed E-state index contributed by atoms with van der Waals surface area (Å²) in [5.74, 6) is 3.13. The van der Waals surface area contributed by atoms with Crippen LogP contribution in [0.2, 0.25) is 5.02 Å². The molecule has 1 aromatic carbocycles. The predicted octanol–water partition coefficient (Wildman–Crippen LogP) is 2.89. The first-order valence-corrected chi connectivity index (χ1v) is 10.1. The van der Waals surface area contributed by atoms with Gasteiger partial charge in [-0.2, -0.15) is 0 Å².